The van der Waals surface area contributed by atoms with E-state index in [1.165, 1.54) is 32.9 Å². The molecule has 0 bridgehead atoms. The molecule has 35 heavy (non-hydrogen) atoms. The van der Waals surface area contributed by atoms with E-state index in [0.29, 0.717) is 31.9 Å². The molecule has 0 aliphatic carbocycles. The molecule has 1 fully saturated rings. The van der Waals surface area contributed by atoms with Gasteiger partial charge in [-0.25, -0.2) is 16.8 Å². The molecule has 2 aromatic rings. The number of rotatable bonds is 10. The van der Waals surface area contributed by atoms with Crippen molar-refractivity contribution in [2.24, 2.45) is 11.8 Å². The highest BCUT2D eigenvalue weighted by atomic mass is 32.2. The minimum atomic E-state index is -3.67. The van der Waals surface area contributed by atoms with Crippen molar-refractivity contribution in [3.05, 3.63) is 54.1 Å². The van der Waals surface area contributed by atoms with Crippen LogP contribution in [0.1, 0.15) is 50.9 Å². The number of nitrogens with zero attached hydrogens (tertiary/aromatic N) is 2. The molecule has 0 spiro atoms. The summed E-state index contributed by atoms with van der Waals surface area (Å²) in [5.74, 6) is -0.0976. The molecular formula is C25H35N3O5S2. The van der Waals surface area contributed by atoms with Crippen molar-refractivity contribution in [3.63, 3.8) is 0 Å². The Bertz CT molecular complexity index is 1220. The third-order valence-corrected chi connectivity index (χ3v) is 9.43. The number of benzene rings is 2. The van der Waals surface area contributed by atoms with Gasteiger partial charge in [0.05, 0.1) is 9.79 Å². The summed E-state index contributed by atoms with van der Waals surface area (Å²) in [4.78, 5) is 13.1. The zero-order chi connectivity index (χ0) is 25.8. The third kappa shape index (κ3) is 6.69. The molecule has 1 amide bonds. The quantitative estimate of drug-likeness (QED) is 0.508. The molecule has 1 aliphatic rings. The van der Waals surface area contributed by atoms with E-state index in [0.717, 1.165) is 12.8 Å². The van der Waals surface area contributed by atoms with Crippen LogP contribution in [-0.2, 0) is 20.0 Å². The molecule has 8 nitrogen and oxygen atoms in total. The predicted molar refractivity (Wildman–Crippen MR) is 137 cm³/mol. The number of amides is 1. The van der Waals surface area contributed by atoms with E-state index in [1.54, 1.807) is 24.3 Å². The van der Waals surface area contributed by atoms with Crippen LogP contribution in [0.5, 0.6) is 0 Å². The van der Waals surface area contributed by atoms with E-state index in [-0.39, 0.29) is 27.2 Å². The fraction of sp³-hybridized carbons (Fsp3) is 0.480. The summed E-state index contributed by atoms with van der Waals surface area (Å²) >= 11 is 0. The molecule has 1 heterocycles. The van der Waals surface area contributed by atoms with Crippen molar-refractivity contribution in [3.8, 4) is 0 Å². The highest BCUT2D eigenvalue weighted by molar-refractivity contribution is 7.89. The van der Waals surface area contributed by atoms with Crippen LogP contribution in [0.2, 0.25) is 0 Å². The van der Waals surface area contributed by atoms with Crippen molar-refractivity contribution in [2.45, 2.75) is 50.3 Å². The van der Waals surface area contributed by atoms with Crippen LogP contribution in [-0.4, -0.2) is 57.5 Å². The second-order valence-corrected chi connectivity index (χ2v) is 13.6. The molecule has 3 rings (SSSR count). The van der Waals surface area contributed by atoms with Gasteiger partial charge in [0.15, 0.2) is 0 Å². The molecule has 0 saturated carbocycles. The maximum atomic E-state index is 13.2. The predicted octanol–water partition coefficient (Wildman–Crippen LogP) is 4.03. The zero-order valence-electron chi connectivity index (χ0n) is 20.8. The monoisotopic (exact) mass is 521 g/mol. The van der Waals surface area contributed by atoms with Gasteiger partial charge in [0.1, 0.15) is 0 Å². The number of hydrogen-bond donors (Lipinski definition) is 1. The van der Waals surface area contributed by atoms with Gasteiger partial charge in [-0.3, -0.25) is 4.79 Å². The maximum absolute atomic E-state index is 13.2. The summed E-state index contributed by atoms with van der Waals surface area (Å²) in [6.45, 7) is 9.74. The SMILES string of the molecule is CC(C)CN(CC(C)C)S(=O)(=O)c1ccc(NC(=O)c2cccc(S(=O)(=O)N3CCCC3)c2)cc1. The lowest BCUT2D eigenvalue weighted by molar-refractivity contribution is 0.102. The zero-order valence-corrected chi connectivity index (χ0v) is 22.4. The fourth-order valence-corrected chi connectivity index (χ4v) is 7.35. The molecular weight excluding hydrogens is 486 g/mol. The number of sulfonamides is 2. The Morgan fingerprint density at radius 1 is 0.886 bits per heavy atom. The van der Waals surface area contributed by atoms with Gasteiger partial charge in [0.2, 0.25) is 20.0 Å². The number of carbonyl (C=O) groups is 1. The average molecular weight is 522 g/mol. The van der Waals surface area contributed by atoms with Crippen molar-refractivity contribution in [1.82, 2.24) is 8.61 Å². The number of nitrogens with one attached hydrogen (secondary N) is 1. The van der Waals surface area contributed by atoms with Gasteiger partial charge in [0.25, 0.3) is 5.91 Å². The van der Waals surface area contributed by atoms with Crippen molar-refractivity contribution in [1.29, 1.82) is 0 Å². The average Bonchev–Trinajstić information content (AvgIpc) is 3.34. The number of carbonyl (C=O) groups excluding carboxylic acids is 1. The second kappa shape index (κ2) is 11.2. The van der Waals surface area contributed by atoms with Gasteiger partial charge in [-0.1, -0.05) is 33.8 Å². The normalized spacial score (nSPS) is 15.3. The first kappa shape index (κ1) is 27.3. The van der Waals surface area contributed by atoms with Crippen LogP contribution < -0.4 is 5.32 Å². The van der Waals surface area contributed by atoms with Gasteiger partial charge in [-0.2, -0.15) is 8.61 Å². The number of anilines is 1. The van der Waals surface area contributed by atoms with Gasteiger partial charge in [0, 0.05) is 37.4 Å². The molecule has 1 saturated heterocycles. The van der Waals surface area contributed by atoms with Gasteiger partial charge < -0.3 is 5.32 Å². The summed E-state index contributed by atoms with van der Waals surface area (Å²) in [6, 6.07) is 12.0. The van der Waals surface area contributed by atoms with Crippen LogP contribution in [0.15, 0.2) is 58.3 Å². The minimum absolute atomic E-state index is 0.0869. The molecule has 192 valence electrons. The fourth-order valence-electron chi connectivity index (χ4n) is 4.02. The topological polar surface area (TPSA) is 104 Å². The maximum Gasteiger partial charge on any atom is 0.255 e. The van der Waals surface area contributed by atoms with E-state index in [4.69, 9.17) is 0 Å². The molecule has 0 aromatic heterocycles. The Labute approximate surface area is 209 Å². The highest BCUT2D eigenvalue weighted by Crippen LogP contribution is 2.23. The van der Waals surface area contributed by atoms with E-state index in [2.05, 4.69) is 5.32 Å². The molecule has 10 heteroatoms. The molecule has 0 radical (unpaired) electrons. The molecule has 0 atom stereocenters. The van der Waals surface area contributed by atoms with Gasteiger partial charge in [-0.05, 0) is 67.1 Å². The lowest BCUT2D eigenvalue weighted by Crippen LogP contribution is -2.37. The Balaban J connectivity index is 1.76. The van der Waals surface area contributed by atoms with E-state index in [9.17, 15) is 21.6 Å². The Kier molecular flexibility index (Phi) is 8.74. The Morgan fingerprint density at radius 2 is 1.46 bits per heavy atom. The van der Waals surface area contributed by atoms with Crippen LogP contribution in [0.4, 0.5) is 5.69 Å². The van der Waals surface area contributed by atoms with Crippen LogP contribution in [0.25, 0.3) is 0 Å². The Hall–Kier alpha value is -2.27. The van der Waals surface area contributed by atoms with Crippen LogP contribution in [0, 0.1) is 11.8 Å². The summed E-state index contributed by atoms with van der Waals surface area (Å²) in [6.07, 6.45) is 1.66. The lowest BCUT2D eigenvalue weighted by Gasteiger charge is -2.25. The van der Waals surface area contributed by atoms with Crippen LogP contribution in [0.3, 0.4) is 0 Å². The molecule has 0 unspecified atom stereocenters. The summed E-state index contributed by atoms with van der Waals surface area (Å²) in [5.41, 5.74) is 0.628. The summed E-state index contributed by atoms with van der Waals surface area (Å²) < 4.78 is 54.9. The minimum Gasteiger partial charge on any atom is -0.322 e. The first-order chi connectivity index (χ1) is 16.4. The molecule has 1 N–H and O–H groups in total. The van der Waals surface area contributed by atoms with Crippen LogP contribution >= 0.6 is 0 Å². The highest BCUT2D eigenvalue weighted by Gasteiger charge is 2.28. The first-order valence-corrected chi connectivity index (χ1v) is 14.8. The molecule has 2 aromatic carbocycles. The smallest absolute Gasteiger partial charge is 0.255 e. The number of hydrogen-bond acceptors (Lipinski definition) is 5. The standard InChI is InChI=1S/C25H35N3O5S2/c1-19(2)17-28(18-20(3)4)34(30,31)23-12-10-22(11-13-23)26-25(29)21-8-7-9-24(16-21)35(32,33)27-14-5-6-15-27/h7-13,16,19-20H,5-6,14-15,17-18H2,1-4H3,(H,26,29). The largest absolute Gasteiger partial charge is 0.322 e. The van der Waals surface area contributed by atoms with Crippen molar-refractivity contribution >= 4 is 31.6 Å². The Morgan fingerprint density at radius 3 is 2.00 bits per heavy atom. The van der Waals surface area contributed by atoms with E-state index in [1.807, 2.05) is 27.7 Å². The van der Waals surface area contributed by atoms with E-state index >= 15 is 0 Å². The molecule has 1 aliphatic heterocycles. The van der Waals surface area contributed by atoms with Gasteiger partial charge in [-0.15, -0.1) is 0 Å². The summed E-state index contributed by atoms with van der Waals surface area (Å²) in [7, 11) is -7.30. The lowest BCUT2D eigenvalue weighted by atomic mass is 10.2. The first-order valence-electron chi connectivity index (χ1n) is 11.9. The van der Waals surface area contributed by atoms with Crippen molar-refractivity contribution < 1.29 is 21.6 Å². The second-order valence-electron chi connectivity index (χ2n) is 9.73. The third-order valence-electron chi connectivity index (χ3n) is 5.69. The van der Waals surface area contributed by atoms with Crippen molar-refractivity contribution in [2.75, 3.05) is 31.5 Å². The van der Waals surface area contributed by atoms with E-state index < -0.39 is 26.0 Å². The van der Waals surface area contributed by atoms with Gasteiger partial charge >= 0.3 is 0 Å². The summed E-state index contributed by atoms with van der Waals surface area (Å²) in [5, 5.41) is 2.72.